The van der Waals surface area contributed by atoms with Crippen molar-refractivity contribution in [2.75, 3.05) is 5.73 Å². The molecule has 2 aromatic rings. The molecular formula is C13H13NO3S. The van der Waals surface area contributed by atoms with Crippen LogP contribution in [-0.4, -0.2) is 8.42 Å². The normalized spacial score (nSPS) is 11.2. The molecule has 0 aliphatic heterocycles. The van der Waals surface area contributed by atoms with Crippen molar-refractivity contribution >= 4 is 15.8 Å². The summed E-state index contributed by atoms with van der Waals surface area (Å²) in [5.74, 6) is 0.328. The molecule has 18 heavy (non-hydrogen) atoms. The zero-order chi connectivity index (χ0) is 13.2. The lowest BCUT2D eigenvalue weighted by Gasteiger charge is -2.09. The highest BCUT2D eigenvalue weighted by Gasteiger charge is 2.17. The van der Waals surface area contributed by atoms with E-state index in [0.29, 0.717) is 11.4 Å². The summed E-state index contributed by atoms with van der Waals surface area (Å²) in [5.41, 5.74) is 6.78. The van der Waals surface area contributed by atoms with Crippen molar-refractivity contribution in [1.29, 1.82) is 0 Å². The maximum absolute atomic E-state index is 12.0. The molecule has 0 bridgehead atoms. The third kappa shape index (κ3) is 2.62. The van der Waals surface area contributed by atoms with E-state index >= 15 is 0 Å². The van der Waals surface area contributed by atoms with Gasteiger partial charge in [-0.2, -0.15) is 8.42 Å². The molecule has 5 heteroatoms. The van der Waals surface area contributed by atoms with Crippen LogP contribution in [0.25, 0.3) is 0 Å². The molecule has 94 valence electrons. The van der Waals surface area contributed by atoms with Gasteiger partial charge in [0.05, 0.1) is 0 Å². The minimum atomic E-state index is -3.81. The molecule has 0 radical (unpaired) electrons. The third-order valence-corrected chi connectivity index (χ3v) is 3.71. The number of aryl methyl sites for hydroxylation is 1. The highest BCUT2D eigenvalue weighted by molar-refractivity contribution is 7.87. The monoisotopic (exact) mass is 263 g/mol. The second kappa shape index (κ2) is 4.70. The Morgan fingerprint density at radius 2 is 1.61 bits per heavy atom. The van der Waals surface area contributed by atoms with E-state index in [1.54, 1.807) is 25.1 Å². The summed E-state index contributed by atoms with van der Waals surface area (Å²) in [6.45, 7) is 1.79. The van der Waals surface area contributed by atoms with Gasteiger partial charge >= 0.3 is 10.1 Å². The molecule has 2 aromatic carbocycles. The van der Waals surface area contributed by atoms with Crippen molar-refractivity contribution in [3.63, 3.8) is 0 Å². The third-order valence-electron chi connectivity index (χ3n) is 2.46. The Morgan fingerprint density at radius 1 is 1.00 bits per heavy atom. The van der Waals surface area contributed by atoms with E-state index in [4.69, 9.17) is 9.92 Å². The smallest absolute Gasteiger partial charge is 0.339 e. The van der Waals surface area contributed by atoms with Crippen LogP contribution in [0.2, 0.25) is 0 Å². The number of para-hydroxylation sites is 1. The average molecular weight is 263 g/mol. The molecule has 0 spiro atoms. The Balaban J connectivity index is 2.33. The van der Waals surface area contributed by atoms with Crippen LogP contribution in [0.5, 0.6) is 5.75 Å². The van der Waals surface area contributed by atoms with Crippen molar-refractivity contribution in [1.82, 2.24) is 0 Å². The van der Waals surface area contributed by atoms with E-state index in [9.17, 15) is 8.42 Å². The molecule has 2 rings (SSSR count). The predicted molar refractivity (Wildman–Crippen MR) is 69.8 cm³/mol. The number of hydrogen-bond donors (Lipinski definition) is 1. The van der Waals surface area contributed by atoms with Gasteiger partial charge in [0.25, 0.3) is 0 Å². The lowest BCUT2D eigenvalue weighted by molar-refractivity contribution is 0.484. The van der Waals surface area contributed by atoms with Crippen LogP contribution in [0, 0.1) is 6.92 Å². The standard InChI is InChI=1S/C13H13NO3S/c1-10-4-2-3-5-13(10)17-18(15,16)12-8-6-11(14)7-9-12/h2-9H,14H2,1H3. The number of nitrogen functional groups attached to an aromatic ring is 1. The minimum absolute atomic E-state index is 0.0833. The average Bonchev–Trinajstić information content (AvgIpc) is 2.32. The Hall–Kier alpha value is -2.01. The van der Waals surface area contributed by atoms with E-state index in [2.05, 4.69) is 0 Å². The lowest BCUT2D eigenvalue weighted by atomic mass is 10.2. The molecule has 0 saturated heterocycles. The molecule has 2 N–H and O–H groups in total. The lowest BCUT2D eigenvalue weighted by Crippen LogP contribution is -2.10. The quantitative estimate of drug-likeness (QED) is 0.681. The highest BCUT2D eigenvalue weighted by atomic mass is 32.2. The molecular weight excluding hydrogens is 250 g/mol. The van der Waals surface area contributed by atoms with E-state index in [-0.39, 0.29) is 4.90 Å². The topological polar surface area (TPSA) is 69.4 Å². The molecule has 0 amide bonds. The fourth-order valence-corrected chi connectivity index (χ4v) is 2.44. The number of rotatable bonds is 3. The van der Waals surface area contributed by atoms with Crippen molar-refractivity contribution in [3.05, 3.63) is 54.1 Å². The molecule has 4 nitrogen and oxygen atoms in total. The first kappa shape index (κ1) is 12.4. The molecule has 0 saturated carbocycles. The molecule has 0 aromatic heterocycles. The molecule has 0 fully saturated rings. The first-order chi connectivity index (χ1) is 8.49. The zero-order valence-electron chi connectivity index (χ0n) is 9.83. The van der Waals surface area contributed by atoms with E-state index in [1.807, 2.05) is 6.07 Å². The summed E-state index contributed by atoms with van der Waals surface area (Å²) in [5, 5.41) is 0. The Morgan fingerprint density at radius 3 is 2.22 bits per heavy atom. The number of hydrogen-bond acceptors (Lipinski definition) is 4. The van der Waals surface area contributed by atoms with Gasteiger partial charge in [-0.15, -0.1) is 0 Å². The second-order valence-corrected chi connectivity index (χ2v) is 5.42. The summed E-state index contributed by atoms with van der Waals surface area (Å²) in [7, 11) is -3.81. The first-order valence-corrected chi connectivity index (χ1v) is 6.75. The fourth-order valence-electron chi connectivity index (χ4n) is 1.45. The first-order valence-electron chi connectivity index (χ1n) is 5.35. The molecule has 0 aliphatic carbocycles. The summed E-state index contributed by atoms with van der Waals surface area (Å²) in [6, 6.07) is 12.8. The van der Waals surface area contributed by atoms with Crippen LogP contribution in [0.15, 0.2) is 53.4 Å². The van der Waals surface area contributed by atoms with Gasteiger partial charge in [-0.05, 0) is 42.8 Å². The van der Waals surface area contributed by atoms with Crippen molar-refractivity contribution in [2.24, 2.45) is 0 Å². The van der Waals surface area contributed by atoms with Gasteiger partial charge in [0.15, 0.2) is 0 Å². The van der Waals surface area contributed by atoms with Gasteiger partial charge < -0.3 is 9.92 Å². The van der Waals surface area contributed by atoms with Crippen molar-refractivity contribution in [2.45, 2.75) is 11.8 Å². The number of anilines is 1. The molecule has 0 heterocycles. The van der Waals surface area contributed by atoms with Crippen LogP contribution in [0.3, 0.4) is 0 Å². The summed E-state index contributed by atoms with van der Waals surface area (Å²) in [4.78, 5) is 0.0833. The van der Waals surface area contributed by atoms with Gasteiger partial charge in [-0.1, -0.05) is 18.2 Å². The van der Waals surface area contributed by atoms with E-state index < -0.39 is 10.1 Å². The maximum Gasteiger partial charge on any atom is 0.339 e. The fraction of sp³-hybridized carbons (Fsp3) is 0.0769. The van der Waals surface area contributed by atoms with Crippen molar-refractivity contribution in [3.8, 4) is 5.75 Å². The maximum atomic E-state index is 12.0. The van der Waals surface area contributed by atoms with Crippen LogP contribution >= 0.6 is 0 Å². The second-order valence-electron chi connectivity index (χ2n) is 3.87. The SMILES string of the molecule is Cc1ccccc1OS(=O)(=O)c1ccc(N)cc1. The summed E-state index contributed by atoms with van der Waals surface area (Å²) in [6.07, 6.45) is 0. The van der Waals surface area contributed by atoms with Crippen LogP contribution in [0.4, 0.5) is 5.69 Å². The minimum Gasteiger partial charge on any atom is -0.399 e. The molecule has 0 atom stereocenters. The Labute approximate surface area is 106 Å². The van der Waals surface area contributed by atoms with Gasteiger partial charge in [-0.3, -0.25) is 0 Å². The van der Waals surface area contributed by atoms with E-state index in [0.717, 1.165) is 5.56 Å². The van der Waals surface area contributed by atoms with Crippen LogP contribution < -0.4 is 9.92 Å². The van der Waals surface area contributed by atoms with Gasteiger partial charge in [0.2, 0.25) is 0 Å². The van der Waals surface area contributed by atoms with Gasteiger partial charge in [-0.25, -0.2) is 0 Å². The number of benzene rings is 2. The highest BCUT2D eigenvalue weighted by Crippen LogP contribution is 2.22. The summed E-state index contributed by atoms with van der Waals surface area (Å²) >= 11 is 0. The largest absolute Gasteiger partial charge is 0.399 e. The molecule has 0 aliphatic rings. The zero-order valence-corrected chi connectivity index (χ0v) is 10.6. The van der Waals surface area contributed by atoms with E-state index in [1.165, 1.54) is 24.3 Å². The van der Waals surface area contributed by atoms with Crippen LogP contribution in [0.1, 0.15) is 5.56 Å². The Bertz CT molecular complexity index is 648. The molecule has 0 unspecified atom stereocenters. The predicted octanol–water partition coefficient (Wildman–Crippen LogP) is 2.34. The number of nitrogens with two attached hydrogens (primary N) is 1. The van der Waals surface area contributed by atoms with Gasteiger partial charge in [0.1, 0.15) is 10.6 Å². The van der Waals surface area contributed by atoms with Crippen LogP contribution in [-0.2, 0) is 10.1 Å². The summed E-state index contributed by atoms with van der Waals surface area (Å²) < 4.78 is 29.1. The van der Waals surface area contributed by atoms with Gasteiger partial charge in [0, 0.05) is 5.69 Å². The Kier molecular flexibility index (Phi) is 3.25. The van der Waals surface area contributed by atoms with Crippen molar-refractivity contribution < 1.29 is 12.6 Å².